The summed E-state index contributed by atoms with van der Waals surface area (Å²) in [6.07, 6.45) is 3.08. The maximum absolute atomic E-state index is 6.16. The number of allylic oxidation sites excluding steroid dienone is 1. The first-order chi connectivity index (χ1) is 5.77. The van der Waals surface area contributed by atoms with Crippen molar-refractivity contribution in [3.05, 3.63) is 12.2 Å². The fraction of sp³-hybridized carbons (Fsp3) is 0.667. The summed E-state index contributed by atoms with van der Waals surface area (Å²) in [6.45, 7) is 6.10. The number of hydrogen-bond acceptors (Lipinski definition) is 3. The minimum Gasteiger partial charge on any atom is -0.319 e. The second-order valence-corrected chi connectivity index (χ2v) is 4.80. The summed E-state index contributed by atoms with van der Waals surface area (Å²) in [7, 11) is 0. The van der Waals surface area contributed by atoms with Crippen LogP contribution in [-0.2, 0) is 0 Å². The maximum Gasteiger partial charge on any atom is 0.125 e. The predicted octanol–water partition coefficient (Wildman–Crippen LogP) is 1.22. The molecule has 1 aliphatic rings. The van der Waals surface area contributed by atoms with Gasteiger partial charge in [0.15, 0.2) is 0 Å². The highest BCUT2D eigenvalue weighted by molar-refractivity contribution is 6.68. The second-order valence-electron chi connectivity index (χ2n) is 4.41. The highest BCUT2D eigenvalue weighted by Crippen LogP contribution is 2.33. The van der Waals surface area contributed by atoms with Crippen LogP contribution in [0.15, 0.2) is 17.1 Å². The van der Waals surface area contributed by atoms with Crippen LogP contribution in [-0.4, -0.2) is 16.9 Å². The Morgan fingerprint density at radius 2 is 2.08 bits per heavy atom. The summed E-state index contributed by atoms with van der Waals surface area (Å²) >= 11 is 5.72. The minimum atomic E-state index is -0.620. The van der Waals surface area contributed by atoms with E-state index < -0.39 is 11.7 Å². The number of rotatable bonds is 0. The standard InChI is InChI=1S/C9H16ClN3/c1-8(2,3)9(12)5-4-6(10)13-7(9)11/h4-5,7H,11-12H2,1-3H3. The normalized spacial score (nSPS) is 34.6. The molecule has 0 bridgehead atoms. The van der Waals surface area contributed by atoms with Crippen molar-refractivity contribution in [1.29, 1.82) is 0 Å². The molecule has 4 heteroatoms. The molecular weight excluding hydrogens is 186 g/mol. The smallest absolute Gasteiger partial charge is 0.125 e. The molecule has 2 unspecified atom stereocenters. The average Bonchev–Trinajstić information content (AvgIpc) is 1.95. The van der Waals surface area contributed by atoms with E-state index in [1.165, 1.54) is 0 Å². The Balaban J connectivity index is 3.03. The Bertz CT molecular complexity index is 265. The van der Waals surface area contributed by atoms with Gasteiger partial charge in [-0.05, 0) is 11.5 Å². The highest BCUT2D eigenvalue weighted by Gasteiger charge is 2.42. The first-order valence-corrected chi connectivity index (χ1v) is 4.62. The Hall–Kier alpha value is -0.380. The molecule has 0 aromatic carbocycles. The van der Waals surface area contributed by atoms with Crippen molar-refractivity contribution < 1.29 is 0 Å². The Morgan fingerprint density at radius 3 is 2.46 bits per heavy atom. The van der Waals surface area contributed by atoms with E-state index in [0.717, 1.165) is 0 Å². The number of halogens is 1. The van der Waals surface area contributed by atoms with Crippen molar-refractivity contribution in [3.8, 4) is 0 Å². The Labute approximate surface area is 83.8 Å². The molecule has 3 nitrogen and oxygen atoms in total. The number of hydrogen-bond donors (Lipinski definition) is 2. The van der Waals surface area contributed by atoms with Gasteiger partial charge in [0.2, 0.25) is 0 Å². The molecule has 0 saturated heterocycles. The first kappa shape index (κ1) is 10.7. The lowest BCUT2D eigenvalue weighted by Gasteiger charge is -2.43. The van der Waals surface area contributed by atoms with Crippen LogP contribution >= 0.6 is 11.6 Å². The van der Waals surface area contributed by atoms with E-state index in [-0.39, 0.29) is 5.41 Å². The van der Waals surface area contributed by atoms with Crippen molar-refractivity contribution in [3.63, 3.8) is 0 Å². The van der Waals surface area contributed by atoms with Gasteiger partial charge in [-0.15, -0.1) is 0 Å². The fourth-order valence-corrected chi connectivity index (χ4v) is 1.45. The summed E-state index contributed by atoms with van der Waals surface area (Å²) in [4.78, 5) is 4.05. The quantitative estimate of drug-likeness (QED) is 0.619. The van der Waals surface area contributed by atoms with Crippen LogP contribution in [0.1, 0.15) is 20.8 Å². The third-order valence-electron chi connectivity index (χ3n) is 2.55. The van der Waals surface area contributed by atoms with Gasteiger partial charge in [-0.3, -0.25) is 4.99 Å². The summed E-state index contributed by atoms with van der Waals surface area (Å²) in [5, 5.41) is 0.415. The monoisotopic (exact) mass is 201 g/mol. The van der Waals surface area contributed by atoms with Gasteiger partial charge in [-0.25, -0.2) is 0 Å². The molecule has 13 heavy (non-hydrogen) atoms. The van der Waals surface area contributed by atoms with E-state index in [1.54, 1.807) is 6.08 Å². The molecular formula is C9H16ClN3. The molecule has 1 aliphatic heterocycles. The van der Waals surface area contributed by atoms with Crippen LogP contribution in [0, 0.1) is 5.41 Å². The van der Waals surface area contributed by atoms with Gasteiger partial charge < -0.3 is 11.5 Å². The summed E-state index contributed by atoms with van der Waals surface area (Å²) in [5.41, 5.74) is 11.3. The molecule has 2 atom stereocenters. The lowest BCUT2D eigenvalue weighted by atomic mass is 9.71. The van der Waals surface area contributed by atoms with E-state index in [1.807, 2.05) is 26.8 Å². The number of nitrogens with zero attached hydrogens (tertiary/aromatic N) is 1. The largest absolute Gasteiger partial charge is 0.319 e. The van der Waals surface area contributed by atoms with Crippen LogP contribution in [0.4, 0.5) is 0 Å². The molecule has 0 saturated carbocycles. The SMILES string of the molecule is CC(C)(C)C1(N)C=CC(Cl)=NC1N. The van der Waals surface area contributed by atoms with Crippen LogP contribution < -0.4 is 11.5 Å². The van der Waals surface area contributed by atoms with E-state index in [4.69, 9.17) is 23.1 Å². The molecule has 0 spiro atoms. The van der Waals surface area contributed by atoms with Crippen LogP contribution in [0.5, 0.6) is 0 Å². The average molecular weight is 202 g/mol. The van der Waals surface area contributed by atoms with Crippen molar-refractivity contribution >= 4 is 16.8 Å². The Kier molecular flexibility index (Phi) is 2.54. The molecule has 0 fully saturated rings. The van der Waals surface area contributed by atoms with Gasteiger partial charge in [0, 0.05) is 0 Å². The first-order valence-electron chi connectivity index (χ1n) is 4.24. The van der Waals surface area contributed by atoms with Crippen molar-refractivity contribution in [2.45, 2.75) is 32.5 Å². The zero-order valence-corrected chi connectivity index (χ0v) is 8.97. The van der Waals surface area contributed by atoms with Gasteiger partial charge in [0.1, 0.15) is 11.3 Å². The fourth-order valence-electron chi connectivity index (χ4n) is 1.28. The van der Waals surface area contributed by atoms with Crippen LogP contribution in [0.3, 0.4) is 0 Å². The third-order valence-corrected chi connectivity index (χ3v) is 2.77. The zero-order valence-electron chi connectivity index (χ0n) is 8.21. The van der Waals surface area contributed by atoms with Gasteiger partial charge in [-0.2, -0.15) is 0 Å². The molecule has 74 valence electrons. The topological polar surface area (TPSA) is 64.4 Å². The van der Waals surface area contributed by atoms with Gasteiger partial charge in [-0.1, -0.05) is 38.4 Å². The maximum atomic E-state index is 6.16. The lowest BCUT2D eigenvalue weighted by molar-refractivity contribution is 0.204. The van der Waals surface area contributed by atoms with Gasteiger partial charge in [0.05, 0.1) is 5.54 Å². The minimum absolute atomic E-state index is 0.135. The van der Waals surface area contributed by atoms with E-state index in [2.05, 4.69) is 4.99 Å². The van der Waals surface area contributed by atoms with Gasteiger partial charge >= 0.3 is 0 Å². The number of nitrogens with two attached hydrogens (primary N) is 2. The van der Waals surface area contributed by atoms with Crippen molar-refractivity contribution in [1.82, 2.24) is 0 Å². The van der Waals surface area contributed by atoms with E-state index in [9.17, 15) is 0 Å². The molecule has 1 heterocycles. The van der Waals surface area contributed by atoms with E-state index in [0.29, 0.717) is 5.17 Å². The van der Waals surface area contributed by atoms with Crippen LogP contribution in [0.2, 0.25) is 0 Å². The molecule has 0 amide bonds. The highest BCUT2D eigenvalue weighted by atomic mass is 35.5. The molecule has 1 rings (SSSR count). The molecule has 0 aliphatic carbocycles. The van der Waals surface area contributed by atoms with Crippen LogP contribution in [0.25, 0.3) is 0 Å². The number of dihydropyridines is 1. The lowest BCUT2D eigenvalue weighted by Crippen LogP contribution is -2.62. The van der Waals surface area contributed by atoms with Gasteiger partial charge in [0.25, 0.3) is 0 Å². The number of aliphatic imine (C=N–C) groups is 1. The molecule has 0 radical (unpaired) electrons. The zero-order chi connectivity index (χ0) is 10.3. The Morgan fingerprint density at radius 1 is 1.54 bits per heavy atom. The summed E-state index contributed by atoms with van der Waals surface area (Å²) < 4.78 is 0. The summed E-state index contributed by atoms with van der Waals surface area (Å²) in [6, 6.07) is 0. The predicted molar refractivity (Wildman–Crippen MR) is 56.8 cm³/mol. The molecule has 0 aromatic heterocycles. The second kappa shape index (κ2) is 3.08. The third kappa shape index (κ3) is 1.77. The van der Waals surface area contributed by atoms with E-state index >= 15 is 0 Å². The summed E-state index contributed by atoms with van der Waals surface area (Å²) in [5.74, 6) is 0. The van der Waals surface area contributed by atoms with Crippen molar-refractivity contribution in [2.75, 3.05) is 0 Å². The van der Waals surface area contributed by atoms with Crippen molar-refractivity contribution in [2.24, 2.45) is 21.9 Å². The molecule has 0 aromatic rings. The molecule has 4 N–H and O–H groups in total.